The van der Waals surface area contributed by atoms with Crippen LogP contribution in [0.4, 0.5) is 4.39 Å². The van der Waals surface area contributed by atoms with Crippen LogP contribution in [-0.4, -0.2) is 20.9 Å². The maximum absolute atomic E-state index is 13.8. The van der Waals surface area contributed by atoms with Gasteiger partial charge in [-0.05, 0) is 30.7 Å². The molecule has 1 N–H and O–H groups in total. The van der Waals surface area contributed by atoms with Gasteiger partial charge in [0.15, 0.2) is 5.54 Å². The Morgan fingerprint density at radius 1 is 1.58 bits per heavy atom. The van der Waals surface area contributed by atoms with Crippen LogP contribution < -0.4 is 0 Å². The van der Waals surface area contributed by atoms with E-state index in [0.29, 0.717) is 0 Å². The van der Waals surface area contributed by atoms with Crippen molar-refractivity contribution in [2.24, 2.45) is 0 Å². The number of nitrogens with zero attached hydrogens (tertiary/aromatic N) is 2. The molecule has 1 unspecified atom stereocenters. The van der Waals surface area contributed by atoms with Crippen molar-refractivity contribution in [1.29, 1.82) is 0 Å². The molecule has 0 fully saturated rings. The van der Waals surface area contributed by atoms with Crippen molar-refractivity contribution in [3.63, 3.8) is 0 Å². The van der Waals surface area contributed by atoms with Gasteiger partial charge in [0.2, 0.25) is 0 Å². The van der Waals surface area contributed by atoms with Crippen LogP contribution in [0.1, 0.15) is 12.5 Å². The highest BCUT2D eigenvalue weighted by molar-refractivity contribution is 6.30. The van der Waals surface area contributed by atoms with E-state index in [0.717, 1.165) is 0 Å². The van der Waals surface area contributed by atoms with Crippen LogP contribution in [0.2, 0.25) is 5.02 Å². The monoisotopic (exact) mass is 282 g/mol. The summed E-state index contributed by atoms with van der Waals surface area (Å²) in [5.74, 6) is -1.60. The van der Waals surface area contributed by atoms with Crippen molar-refractivity contribution in [2.45, 2.75) is 18.9 Å². The summed E-state index contributed by atoms with van der Waals surface area (Å²) in [5, 5.41) is 13.6. The Labute approximate surface area is 114 Å². The predicted octanol–water partition coefficient (Wildman–Crippen LogP) is 2.72. The number of hydrogen-bond donors (Lipinski definition) is 1. The van der Waals surface area contributed by atoms with Gasteiger partial charge in [0.05, 0.1) is 0 Å². The lowest BCUT2D eigenvalue weighted by atomic mass is 9.93. The first-order valence-corrected chi connectivity index (χ1v) is 5.99. The summed E-state index contributed by atoms with van der Waals surface area (Å²) in [6, 6.07) is 5.81. The zero-order valence-corrected chi connectivity index (χ0v) is 10.9. The predicted molar refractivity (Wildman–Crippen MR) is 68.6 cm³/mol. The van der Waals surface area contributed by atoms with Gasteiger partial charge < -0.3 is 5.11 Å². The second-order valence-electron chi connectivity index (χ2n) is 4.44. The number of aliphatic carboxylic acids is 1. The molecule has 0 aliphatic rings. The summed E-state index contributed by atoms with van der Waals surface area (Å²) >= 11 is 5.68. The minimum absolute atomic E-state index is 0.0208. The smallest absolute Gasteiger partial charge is 0.331 e. The molecule has 1 aromatic heterocycles. The van der Waals surface area contributed by atoms with Crippen molar-refractivity contribution < 1.29 is 14.3 Å². The van der Waals surface area contributed by atoms with Gasteiger partial charge in [0, 0.05) is 23.8 Å². The first kappa shape index (κ1) is 13.5. The number of carboxylic acids is 1. The second-order valence-corrected chi connectivity index (χ2v) is 4.88. The Morgan fingerprint density at radius 2 is 2.32 bits per heavy atom. The number of hydrogen-bond acceptors (Lipinski definition) is 2. The lowest BCUT2D eigenvalue weighted by molar-refractivity contribution is -0.147. The van der Waals surface area contributed by atoms with Gasteiger partial charge in [0.25, 0.3) is 0 Å². The third-order valence-electron chi connectivity index (χ3n) is 3.02. The summed E-state index contributed by atoms with van der Waals surface area (Å²) in [7, 11) is 0. The molecule has 0 saturated heterocycles. The molecule has 6 heteroatoms. The molecule has 1 heterocycles. The minimum Gasteiger partial charge on any atom is -0.479 e. The summed E-state index contributed by atoms with van der Waals surface area (Å²) in [6.07, 6.45) is 3.01. The van der Waals surface area contributed by atoms with Crippen molar-refractivity contribution >= 4 is 17.6 Å². The number of halogens is 2. The normalized spacial score (nSPS) is 14.1. The van der Waals surface area contributed by atoms with Crippen LogP contribution in [0.5, 0.6) is 0 Å². The van der Waals surface area contributed by atoms with Gasteiger partial charge in [-0.2, -0.15) is 5.10 Å². The Bertz CT molecular complexity index is 601. The number of aromatic nitrogens is 2. The highest BCUT2D eigenvalue weighted by Crippen LogP contribution is 2.24. The first-order chi connectivity index (χ1) is 8.93. The summed E-state index contributed by atoms with van der Waals surface area (Å²) in [5.41, 5.74) is -1.07. The fourth-order valence-electron chi connectivity index (χ4n) is 1.85. The maximum atomic E-state index is 13.8. The largest absolute Gasteiger partial charge is 0.479 e. The standard InChI is InChI=1S/C13H12ClFN2O2/c1-13(12(18)19,17-6-2-5-16-17)8-9-3-4-10(14)7-11(9)15/h2-7H,8H2,1H3,(H,18,19). The maximum Gasteiger partial charge on any atom is 0.331 e. The zero-order chi connectivity index (χ0) is 14.0. The van der Waals surface area contributed by atoms with Crippen LogP contribution in [0, 0.1) is 5.82 Å². The van der Waals surface area contributed by atoms with E-state index in [-0.39, 0.29) is 17.0 Å². The molecule has 1 atom stereocenters. The van der Waals surface area contributed by atoms with Crippen molar-refractivity contribution in [1.82, 2.24) is 9.78 Å². The van der Waals surface area contributed by atoms with E-state index in [2.05, 4.69) is 5.10 Å². The molecular weight excluding hydrogens is 271 g/mol. The van der Waals surface area contributed by atoms with Gasteiger partial charge in [0.1, 0.15) is 5.82 Å². The molecule has 0 spiro atoms. The van der Waals surface area contributed by atoms with Crippen molar-refractivity contribution in [3.8, 4) is 0 Å². The molecule has 1 aromatic carbocycles. The molecule has 19 heavy (non-hydrogen) atoms. The van der Waals surface area contributed by atoms with Crippen LogP contribution in [0.25, 0.3) is 0 Å². The molecule has 0 aliphatic carbocycles. The van der Waals surface area contributed by atoms with Crippen LogP contribution >= 0.6 is 11.6 Å². The number of rotatable bonds is 4. The van der Waals surface area contributed by atoms with Crippen molar-refractivity contribution in [3.05, 3.63) is 53.1 Å². The molecule has 0 amide bonds. The van der Waals surface area contributed by atoms with E-state index in [4.69, 9.17) is 11.6 Å². The van der Waals surface area contributed by atoms with Gasteiger partial charge in [-0.25, -0.2) is 9.18 Å². The number of carboxylic acid groups (broad SMARTS) is 1. The Morgan fingerprint density at radius 3 is 2.84 bits per heavy atom. The van der Waals surface area contributed by atoms with Gasteiger partial charge in [-0.15, -0.1) is 0 Å². The van der Waals surface area contributed by atoms with E-state index < -0.39 is 17.3 Å². The second kappa shape index (κ2) is 5.01. The van der Waals surface area contributed by atoms with Gasteiger partial charge in [-0.3, -0.25) is 4.68 Å². The highest BCUT2D eigenvalue weighted by Gasteiger charge is 2.36. The quantitative estimate of drug-likeness (QED) is 0.938. The van der Waals surface area contributed by atoms with E-state index in [1.54, 1.807) is 12.3 Å². The lowest BCUT2D eigenvalue weighted by Crippen LogP contribution is -2.41. The number of benzene rings is 1. The lowest BCUT2D eigenvalue weighted by Gasteiger charge is -2.25. The SMILES string of the molecule is CC(Cc1ccc(Cl)cc1F)(C(=O)O)n1cccn1. The molecular formula is C13H12ClFN2O2. The molecule has 0 bridgehead atoms. The topological polar surface area (TPSA) is 55.1 Å². The average molecular weight is 283 g/mol. The Kier molecular flexibility index (Phi) is 3.57. The van der Waals surface area contributed by atoms with E-state index in [9.17, 15) is 14.3 Å². The zero-order valence-electron chi connectivity index (χ0n) is 10.2. The minimum atomic E-state index is -1.35. The van der Waals surface area contributed by atoms with Crippen molar-refractivity contribution in [2.75, 3.05) is 0 Å². The summed E-state index contributed by atoms with van der Waals surface area (Å²) in [6.45, 7) is 1.50. The van der Waals surface area contributed by atoms with Crippen LogP contribution in [0.15, 0.2) is 36.7 Å². The fourth-order valence-corrected chi connectivity index (χ4v) is 2.01. The van der Waals surface area contributed by atoms with Gasteiger partial charge in [-0.1, -0.05) is 17.7 Å². The van der Waals surface area contributed by atoms with E-state index in [1.807, 2.05) is 0 Å². The summed E-state index contributed by atoms with van der Waals surface area (Å²) in [4.78, 5) is 11.5. The third kappa shape index (κ3) is 2.61. The number of carbonyl (C=O) groups is 1. The van der Waals surface area contributed by atoms with E-state index in [1.165, 1.54) is 36.0 Å². The van der Waals surface area contributed by atoms with Crippen LogP contribution in [-0.2, 0) is 16.8 Å². The van der Waals surface area contributed by atoms with Gasteiger partial charge >= 0.3 is 5.97 Å². The fraction of sp³-hybridized carbons (Fsp3) is 0.231. The van der Waals surface area contributed by atoms with Crippen LogP contribution in [0.3, 0.4) is 0 Å². The first-order valence-electron chi connectivity index (χ1n) is 5.61. The molecule has 0 radical (unpaired) electrons. The molecule has 2 aromatic rings. The highest BCUT2D eigenvalue weighted by atomic mass is 35.5. The molecule has 2 rings (SSSR count). The third-order valence-corrected chi connectivity index (χ3v) is 3.26. The molecule has 0 aliphatic heterocycles. The Balaban J connectivity index is 2.40. The van der Waals surface area contributed by atoms with E-state index >= 15 is 0 Å². The average Bonchev–Trinajstić information content (AvgIpc) is 2.86. The Hall–Kier alpha value is -1.88. The molecule has 4 nitrogen and oxygen atoms in total. The molecule has 0 saturated carbocycles. The molecule has 100 valence electrons. The summed E-state index contributed by atoms with van der Waals surface area (Å²) < 4.78 is 15.1.